The first-order chi connectivity index (χ1) is 7.19. The van der Waals surface area contributed by atoms with Gasteiger partial charge in [0.25, 0.3) is 0 Å². The lowest BCUT2D eigenvalue weighted by molar-refractivity contribution is -0.153. The molecular formula is C13H18O2. The van der Waals surface area contributed by atoms with E-state index in [4.69, 9.17) is 0 Å². The molecule has 2 fully saturated rings. The number of carbonyl (C=O) groups is 1. The summed E-state index contributed by atoms with van der Waals surface area (Å²) in [5.74, 6) is 6.38. The van der Waals surface area contributed by atoms with Crippen molar-refractivity contribution in [2.24, 2.45) is 17.3 Å². The van der Waals surface area contributed by atoms with Gasteiger partial charge in [-0.1, -0.05) is 6.42 Å². The number of rotatable bonds is 3. The molecule has 0 aromatic carbocycles. The molecule has 0 aromatic rings. The second-order valence-electron chi connectivity index (χ2n) is 4.97. The summed E-state index contributed by atoms with van der Waals surface area (Å²) in [7, 11) is 0. The minimum atomic E-state index is -0.576. The van der Waals surface area contributed by atoms with Crippen molar-refractivity contribution in [1.82, 2.24) is 0 Å². The maximum Gasteiger partial charge on any atom is 0.309 e. The van der Waals surface area contributed by atoms with Gasteiger partial charge in [0, 0.05) is 6.42 Å². The fourth-order valence-corrected chi connectivity index (χ4v) is 3.53. The largest absolute Gasteiger partial charge is 0.481 e. The first-order valence-electron chi connectivity index (χ1n) is 5.82. The lowest BCUT2D eigenvalue weighted by Gasteiger charge is -2.33. The Morgan fingerprint density at radius 3 is 2.80 bits per heavy atom. The Labute approximate surface area is 91.1 Å². The molecule has 0 aliphatic heterocycles. The molecule has 2 heteroatoms. The van der Waals surface area contributed by atoms with Crippen molar-refractivity contribution in [1.29, 1.82) is 0 Å². The second-order valence-corrected chi connectivity index (χ2v) is 4.97. The van der Waals surface area contributed by atoms with Crippen LogP contribution in [0.15, 0.2) is 0 Å². The number of carboxylic acids is 1. The molecule has 0 radical (unpaired) electrons. The third-order valence-electron chi connectivity index (χ3n) is 4.27. The normalized spacial score (nSPS) is 37.4. The van der Waals surface area contributed by atoms with Crippen LogP contribution in [0.1, 0.15) is 45.4 Å². The van der Waals surface area contributed by atoms with E-state index < -0.39 is 11.4 Å². The minimum Gasteiger partial charge on any atom is -0.481 e. The Morgan fingerprint density at radius 2 is 2.33 bits per heavy atom. The maximum atomic E-state index is 11.5. The fourth-order valence-electron chi connectivity index (χ4n) is 3.53. The van der Waals surface area contributed by atoms with Gasteiger partial charge in [-0.05, 0) is 44.4 Å². The number of aliphatic carboxylic acids is 1. The first-order valence-corrected chi connectivity index (χ1v) is 5.82. The van der Waals surface area contributed by atoms with E-state index in [9.17, 15) is 9.90 Å². The van der Waals surface area contributed by atoms with Gasteiger partial charge in [-0.2, -0.15) is 0 Å². The topological polar surface area (TPSA) is 37.3 Å². The summed E-state index contributed by atoms with van der Waals surface area (Å²) >= 11 is 0. The molecule has 0 spiro atoms. The van der Waals surface area contributed by atoms with Crippen LogP contribution in [0.4, 0.5) is 0 Å². The molecule has 0 heterocycles. The fraction of sp³-hybridized carbons (Fsp3) is 0.769. The van der Waals surface area contributed by atoms with Gasteiger partial charge in [0.15, 0.2) is 0 Å². The molecule has 0 amide bonds. The summed E-state index contributed by atoms with van der Waals surface area (Å²) in [4.78, 5) is 11.5. The van der Waals surface area contributed by atoms with E-state index in [0.29, 0.717) is 11.8 Å². The molecule has 15 heavy (non-hydrogen) atoms. The smallest absolute Gasteiger partial charge is 0.309 e. The van der Waals surface area contributed by atoms with Crippen molar-refractivity contribution in [2.75, 3.05) is 0 Å². The third kappa shape index (κ3) is 1.65. The van der Waals surface area contributed by atoms with E-state index in [1.54, 1.807) is 0 Å². The molecule has 2 saturated carbocycles. The molecule has 0 saturated heterocycles. The summed E-state index contributed by atoms with van der Waals surface area (Å²) in [6, 6.07) is 0. The average Bonchev–Trinajstić information content (AvgIpc) is 2.78. The van der Waals surface area contributed by atoms with Crippen LogP contribution in [0, 0.1) is 29.1 Å². The minimum absolute atomic E-state index is 0.424. The Kier molecular flexibility index (Phi) is 2.73. The number of carboxylic acid groups (broad SMARTS) is 1. The molecule has 0 aromatic heterocycles. The predicted molar refractivity (Wildman–Crippen MR) is 58.2 cm³/mol. The molecule has 2 aliphatic rings. The van der Waals surface area contributed by atoms with Gasteiger partial charge in [-0.3, -0.25) is 4.79 Å². The van der Waals surface area contributed by atoms with E-state index in [1.165, 1.54) is 6.42 Å². The summed E-state index contributed by atoms with van der Waals surface area (Å²) in [5.41, 5.74) is -0.424. The van der Waals surface area contributed by atoms with Crippen LogP contribution in [0.5, 0.6) is 0 Å². The Bertz CT molecular complexity index is 323. The quantitative estimate of drug-likeness (QED) is 0.721. The highest BCUT2D eigenvalue weighted by molar-refractivity contribution is 5.75. The van der Waals surface area contributed by atoms with Crippen molar-refractivity contribution < 1.29 is 9.90 Å². The number of hydrogen-bond donors (Lipinski definition) is 1. The van der Waals surface area contributed by atoms with Crippen LogP contribution in [0.3, 0.4) is 0 Å². The average molecular weight is 206 g/mol. The molecule has 3 unspecified atom stereocenters. The highest BCUT2D eigenvalue weighted by Gasteiger charge is 2.55. The van der Waals surface area contributed by atoms with Gasteiger partial charge in [-0.15, -0.1) is 11.8 Å². The zero-order valence-electron chi connectivity index (χ0n) is 9.25. The lowest BCUT2D eigenvalue weighted by atomic mass is 9.70. The predicted octanol–water partition coefficient (Wildman–Crippen LogP) is 2.68. The Morgan fingerprint density at radius 1 is 1.53 bits per heavy atom. The monoisotopic (exact) mass is 206 g/mol. The van der Waals surface area contributed by atoms with Gasteiger partial charge in [-0.25, -0.2) is 0 Å². The van der Waals surface area contributed by atoms with Gasteiger partial charge in [0.1, 0.15) is 0 Å². The summed E-state index contributed by atoms with van der Waals surface area (Å²) in [5, 5.41) is 9.44. The van der Waals surface area contributed by atoms with Crippen LogP contribution in [-0.2, 0) is 4.79 Å². The van der Waals surface area contributed by atoms with Crippen molar-refractivity contribution >= 4 is 5.97 Å². The zero-order valence-corrected chi connectivity index (χ0v) is 9.25. The highest BCUT2D eigenvalue weighted by Crippen LogP contribution is 2.58. The molecule has 2 aliphatic carbocycles. The molecule has 3 atom stereocenters. The molecular weight excluding hydrogens is 188 g/mol. The third-order valence-corrected chi connectivity index (χ3v) is 4.27. The zero-order chi connectivity index (χ0) is 10.9. The first kappa shape index (κ1) is 10.5. The molecule has 2 bridgehead atoms. The SMILES string of the molecule is CC#CCCC1(C(=O)O)CC2CCC1C2. The van der Waals surface area contributed by atoms with Crippen molar-refractivity contribution in [3.8, 4) is 11.8 Å². The van der Waals surface area contributed by atoms with Gasteiger partial charge >= 0.3 is 5.97 Å². The van der Waals surface area contributed by atoms with Crippen LogP contribution >= 0.6 is 0 Å². The molecule has 2 nitrogen and oxygen atoms in total. The van der Waals surface area contributed by atoms with Gasteiger partial charge in [0.2, 0.25) is 0 Å². The van der Waals surface area contributed by atoms with E-state index in [1.807, 2.05) is 6.92 Å². The number of hydrogen-bond acceptors (Lipinski definition) is 1. The van der Waals surface area contributed by atoms with Gasteiger partial charge < -0.3 is 5.11 Å². The second kappa shape index (κ2) is 3.89. The Balaban J connectivity index is 2.10. The Hall–Kier alpha value is -0.970. The number of fused-ring (bicyclic) bond motifs is 2. The van der Waals surface area contributed by atoms with Crippen LogP contribution < -0.4 is 0 Å². The molecule has 1 N–H and O–H groups in total. The van der Waals surface area contributed by atoms with Crippen molar-refractivity contribution in [3.63, 3.8) is 0 Å². The van der Waals surface area contributed by atoms with E-state index in [2.05, 4.69) is 11.8 Å². The van der Waals surface area contributed by atoms with Gasteiger partial charge in [0.05, 0.1) is 5.41 Å². The maximum absolute atomic E-state index is 11.5. The molecule has 2 rings (SSSR count). The van der Waals surface area contributed by atoms with E-state index >= 15 is 0 Å². The van der Waals surface area contributed by atoms with Crippen molar-refractivity contribution in [2.45, 2.75) is 45.4 Å². The summed E-state index contributed by atoms with van der Waals surface area (Å²) in [6.07, 6.45) is 5.91. The summed E-state index contributed by atoms with van der Waals surface area (Å²) in [6.45, 7) is 1.81. The van der Waals surface area contributed by atoms with Crippen LogP contribution in [-0.4, -0.2) is 11.1 Å². The standard InChI is InChI=1S/C13H18O2/c1-2-3-4-7-13(12(14)15)9-10-5-6-11(13)8-10/h10-11H,4-9H2,1H3,(H,14,15). The van der Waals surface area contributed by atoms with Crippen molar-refractivity contribution in [3.05, 3.63) is 0 Å². The summed E-state index contributed by atoms with van der Waals surface area (Å²) < 4.78 is 0. The van der Waals surface area contributed by atoms with Crippen LogP contribution in [0.2, 0.25) is 0 Å². The van der Waals surface area contributed by atoms with E-state index in [-0.39, 0.29) is 0 Å². The highest BCUT2D eigenvalue weighted by atomic mass is 16.4. The van der Waals surface area contributed by atoms with Crippen LogP contribution in [0.25, 0.3) is 0 Å². The van der Waals surface area contributed by atoms with E-state index in [0.717, 1.165) is 32.1 Å². The molecule has 82 valence electrons. The lowest BCUT2D eigenvalue weighted by Crippen LogP contribution is -2.36.